The third kappa shape index (κ3) is 2.97. The number of alkyl halides is 2. The predicted octanol–water partition coefficient (Wildman–Crippen LogP) is 4.37. The predicted molar refractivity (Wildman–Crippen MR) is 89.9 cm³/mol. The van der Waals surface area contributed by atoms with Gasteiger partial charge in [-0.2, -0.15) is 0 Å². The highest BCUT2D eigenvalue weighted by molar-refractivity contribution is 8.05. The molecule has 23 heavy (non-hydrogen) atoms. The molecule has 0 aliphatic carbocycles. The lowest BCUT2D eigenvalue weighted by atomic mass is 10.3. The first-order valence-corrected chi connectivity index (χ1v) is 8.69. The van der Waals surface area contributed by atoms with Crippen LogP contribution in [0.25, 0.3) is 0 Å². The maximum absolute atomic E-state index is 15.6. The van der Waals surface area contributed by atoms with Crippen LogP contribution in [0.15, 0.2) is 70.5 Å². The van der Waals surface area contributed by atoms with Crippen molar-refractivity contribution in [3.8, 4) is 0 Å². The van der Waals surface area contributed by atoms with Crippen molar-refractivity contribution in [3.63, 3.8) is 0 Å². The van der Waals surface area contributed by atoms with Gasteiger partial charge in [0.15, 0.2) is 0 Å². The minimum atomic E-state index is -2.66. The Kier molecular flexibility index (Phi) is 4.38. The molecule has 1 aliphatic rings. The number of halogens is 2. The van der Waals surface area contributed by atoms with Crippen molar-refractivity contribution in [1.29, 1.82) is 0 Å². The van der Waals surface area contributed by atoms with Crippen LogP contribution in [0, 0.1) is 0 Å². The van der Waals surface area contributed by atoms with Gasteiger partial charge < -0.3 is 4.90 Å². The number of benzene rings is 2. The maximum Gasteiger partial charge on any atom is 0.283 e. The minimum absolute atomic E-state index is 0.290. The van der Waals surface area contributed by atoms with Gasteiger partial charge in [0.05, 0.1) is 6.54 Å². The summed E-state index contributed by atoms with van der Waals surface area (Å²) in [5.41, 5.74) is 0. The van der Waals surface area contributed by atoms with E-state index < -0.39 is 15.9 Å². The summed E-state index contributed by atoms with van der Waals surface area (Å²) in [7, 11) is 1.43. The zero-order chi connectivity index (χ0) is 16.5. The summed E-state index contributed by atoms with van der Waals surface area (Å²) < 4.78 is 31.1. The molecule has 2 nitrogen and oxygen atoms in total. The van der Waals surface area contributed by atoms with Crippen LogP contribution in [0.5, 0.6) is 0 Å². The molecule has 0 unspecified atom stereocenters. The van der Waals surface area contributed by atoms with E-state index in [2.05, 4.69) is 0 Å². The Morgan fingerprint density at radius 1 is 0.913 bits per heavy atom. The van der Waals surface area contributed by atoms with Crippen molar-refractivity contribution in [2.24, 2.45) is 0 Å². The molecule has 3 rings (SSSR count). The third-order valence-corrected chi connectivity index (χ3v) is 6.23. The van der Waals surface area contributed by atoms with Gasteiger partial charge in [-0.3, -0.25) is 4.79 Å². The average Bonchev–Trinajstić information content (AvgIpc) is 2.70. The highest BCUT2D eigenvalue weighted by Crippen LogP contribution is 2.56. The van der Waals surface area contributed by atoms with Gasteiger partial charge in [0, 0.05) is 16.8 Å². The van der Waals surface area contributed by atoms with E-state index >= 15 is 8.78 Å². The fourth-order valence-corrected chi connectivity index (χ4v) is 4.90. The molecule has 1 amide bonds. The van der Waals surface area contributed by atoms with Crippen LogP contribution < -0.4 is 0 Å². The SMILES string of the molecule is CN1C[C@](F)(Sc2ccccc2)[C@@](F)(Sc2ccccc2)C1=O. The maximum atomic E-state index is 15.6. The first-order chi connectivity index (χ1) is 10.9. The molecule has 1 saturated heterocycles. The summed E-state index contributed by atoms with van der Waals surface area (Å²) in [5, 5.41) is -5.02. The molecular formula is C17H15F2NOS2. The monoisotopic (exact) mass is 351 g/mol. The number of hydrogen-bond acceptors (Lipinski definition) is 3. The van der Waals surface area contributed by atoms with Gasteiger partial charge >= 0.3 is 0 Å². The van der Waals surface area contributed by atoms with Crippen LogP contribution in [0.2, 0.25) is 0 Å². The number of carbonyl (C=O) groups is 1. The van der Waals surface area contributed by atoms with Crippen molar-refractivity contribution in [1.82, 2.24) is 4.90 Å². The lowest BCUT2D eigenvalue weighted by Crippen LogP contribution is -2.43. The molecule has 0 aromatic heterocycles. The summed E-state index contributed by atoms with van der Waals surface area (Å²) in [4.78, 5) is 14.5. The lowest BCUT2D eigenvalue weighted by molar-refractivity contribution is -0.132. The molecule has 0 N–H and O–H groups in total. The van der Waals surface area contributed by atoms with E-state index in [9.17, 15) is 4.79 Å². The van der Waals surface area contributed by atoms with Gasteiger partial charge in [0.2, 0.25) is 5.00 Å². The molecule has 2 aromatic carbocycles. The largest absolute Gasteiger partial charge is 0.338 e. The van der Waals surface area contributed by atoms with Gasteiger partial charge in [-0.25, -0.2) is 8.78 Å². The van der Waals surface area contributed by atoms with Crippen LogP contribution in [0.3, 0.4) is 0 Å². The third-order valence-electron chi connectivity index (χ3n) is 3.57. The van der Waals surface area contributed by atoms with Crippen molar-refractivity contribution in [3.05, 3.63) is 60.7 Å². The van der Waals surface area contributed by atoms with Crippen LogP contribution in [0.1, 0.15) is 0 Å². The number of likely N-dealkylation sites (tertiary alicyclic amines) is 1. The van der Waals surface area contributed by atoms with E-state index in [1.54, 1.807) is 54.6 Å². The summed E-state index contributed by atoms with van der Waals surface area (Å²) in [6, 6.07) is 17.4. The zero-order valence-corrected chi connectivity index (χ0v) is 14.0. The Labute approximate surface area is 142 Å². The molecule has 0 radical (unpaired) electrons. The molecule has 0 bridgehead atoms. The van der Waals surface area contributed by atoms with Crippen molar-refractivity contribution < 1.29 is 13.6 Å². The smallest absolute Gasteiger partial charge is 0.283 e. The van der Waals surface area contributed by atoms with Gasteiger partial charge in [0.25, 0.3) is 10.9 Å². The number of thioether (sulfide) groups is 2. The Hall–Kier alpha value is -1.53. The highest BCUT2D eigenvalue weighted by atomic mass is 32.2. The molecule has 1 aliphatic heterocycles. The first kappa shape index (κ1) is 16.3. The standard InChI is InChI=1S/C17H15F2NOS2/c1-20-12-16(18,22-13-8-4-2-5-9-13)17(19,15(20)21)23-14-10-6-3-7-11-14/h2-11H,12H2,1H3/t16-,17-/m0/s1. The van der Waals surface area contributed by atoms with Gasteiger partial charge in [-0.05, 0) is 24.3 Å². The fourth-order valence-electron chi connectivity index (χ4n) is 2.43. The molecular weight excluding hydrogens is 336 g/mol. The Balaban J connectivity index is 1.95. The second-order valence-corrected chi connectivity index (χ2v) is 7.88. The van der Waals surface area contributed by atoms with E-state index in [0.717, 1.165) is 16.7 Å². The van der Waals surface area contributed by atoms with Crippen LogP contribution >= 0.6 is 23.5 Å². The molecule has 2 aromatic rings. The van der Waals surface area contributed by atoms with E-state index in [1.165, 1.54) is 7.05 Å². The highest BCUT2D eigenvalue weighted by Gasteiger charge is 2.67. The van der Waals surface area contributed by atoms with Crippen LogP contribution in [-0.2, 0) is 4.79 Å². The first-order valence-electron chi connectivity index (χ1n) is 7.06. The van der Waals surface area contributed by atoms with Crippen LogP contribution in [-0.4, -0.2) is 34.4 Å². The Morgan fingerprint density at radius 3 is 1.91 bits per heavy atom. The van der Waals surface area contributed by atoms with Gasteiger partial charge in [-0.15, -0.1) is 0 Å². The van der Waals surface area contributed by atoms with Crippen LogP contribution in [0.4, 0.5) is 8.78 Å². The van der Waals surface area contributed by atoms with E-state index in [0.29, 0.717) is 21.6 Å². The number of hydrogen-bond donors (Lipinski definition) is 0. The fraction of sp³-hybridized carbons (Fsp3) is 0.235. The molecule has 6 heteroatoms. The van der Waals surface area contributed by atoms with E-state index in [1.807, 2.05) is 6.07 Å². The number of nitrogens with zero attached hydrogens (tertiary/aromatic N) is 1. The molecule has 0 spiro atoms. The van der Waals surface area contributed by atoms with Crippen molar-refractivity contribution >= 4 is 29.4 Å². The van der Waals surface area contributed by atoms with Crippen molar-refractivity contribution in [2.75, 3.05) is 13.6 Å². The summed E-state index contributed by atoms with van der Waals surface area (Å²) >= 11 is 1.40. The Bertz CT molecular complexity index is 700. The van der Waals surface area contributed by atoms with E-state index in [-0.39, 0.29) is 6.54 Å². The summed E-state index contributed by atoms with van der Waals surface area (Å²) in [6.07, 6.45) is 0. The zero-order valence-electron chi connectivity index (χ0n) is 12.4. The van der Waals surface area contributed by atoms with Crippen molar-refractivity contribution in [2.45, 2.75) is 19.8 Å². The van der Waals surface area contributed by atoms with E-state index in [4.69, 9.17) is 0 Å². The van der Waals surface area contributed by atoms with Gasteiger partial charge in [0.1, 0.15) is 0 Å². The molecule has 2 atom stereocenters. The molecule has 0 saturated carbocycles. The molecule has 120 valence electrons. The summed E-state index contributed by atoms with van der Waals surface area (Å²) in [6.45, 7) is -0.290. The lowest BCUT2D eigenvalue weighted by Gasteiger charge is -2.29. The number of carbonyl (C=O) groups excluding carboxylic acids is 1. The molecule has 1 fully saturated rings. The quantitative estimate of drug-likeness (QED) is 0.816. The summed E-state index contributed by atoms with van der Waals surface area (Å²) in [5.74, 6) is -0.836. The second kappa shape index (κ2) is 6.17. The molecule has 1 heterocycles. The number of amides is 1. The topological polar surface area (TPSA) is 20.3 Å². The average molecular weight is 351 g/mol. The normalized spacial score (nSPS) is 27.4. The Morgan fingerprint density at radius 2 is 1.39 bits per heavy atom. The minimum Gasteiger partial charge on any atom is -0.338 e. The van der Waals surface area contributed by atoms with Gasteiger partial charge in [-0.1, -0.05) is 59.9 Å². The number of rotatable bonds is 4. The second-order valence-electron chi connectivity index (χ2n) is 5.32.